The van der Waals surface area contributed by atoms with Crippen LogP contribution in [0.15, 0.2) is 53.6 Å². The Morgan fingerprint density at radius 3 is 2.73 bits per heavy atom. The van der Waals surface area contributed by atoms with Gasteiger partial charge in [0.15, 0.2) is 0 Å². The molecule has 6 rings (SSSR count). The number of imidazole rings is 1. The van der Waals surface area contributed by atoms with Crippen LogP contribution < -0.4 is 11.0 Å². The van der Waals surface area contributed by atoms with Gasteiger partial charge in [0.1, 0.15) is 12.4 Å². The lowest BCUT2D eigenvalue weighted by molar-refractivity contribution is -0.132. The molecule has 14 heteroatoms. The highest BCUT2D eigenvalue weighted by Gasteiger charge is 2.41. The molecule has 0 aliphatic carbocycles. The molecule has 2 aliphatic heterocycles. The summed E-state index contributed by atoms with van der Waals surface area (Å²) in [7, 11) is 0. The second kappa shape index (κ2) is 11.0. The Morgan fingerprint density at radius 1 is 1.10 bits per heavy atom. The second-order valence-electron chi connectivity index (χ2n) is 9.66. The fourth-order valence-electron chi connectivity index (χ4n) is 5.24. The number of rotatable bonds is 6. The molecule has 2 amide bonds. The summed E-state index contributed by atoms with van der Waals surface area (Å²) in [6.07, 6.45) is 5.04. The molecule has 2 aliphatic rings. The maximum Gasteiger partial charge on any atom is 0.323 e. The Balaban J connectivity index is 1.25. The Bertz CT molecular complexity index is 1620. The van der Waals surface area contributed by atoms with Crippen LogP contribution in [0.1, 0.15) is 12.0 Å². The van der Waals surface area contributed by atoms with Crippen molar-refractivity contribution >= 4 is 46.2 Å². The van der Waals surface area contributed by atoms with Crippen molar-refractivity contribution in [1.29, 1.82) is 0 Å². The van der Waals surface area contributed by atoms with Gasteiger partial charge in [-0.3, -0.25) is 14.5 Å². The number of morpholine rings is 1. The average Bonchev–Trinajstić information content (AvgIpc) is 3.71. The highest BCUT2D eigenvalue weighted by molar-refractivity contribution is 6.30. The number of carbonyl (C=O) groups is 2. The Labute approximate surface area is 232 Å². The molecule has 0 bridgehead atoms. The fraction of sp³-hybridized carbons (Fsp3) is 0.308. The van der Waals surface area contributed by atoms with Crippen LogP contribution >= 0.6 is 11.6 Å². The van der Waals surface area contributed by atoms with Gasteiger partial charge < -0.3 is 24.9 Å². The average molecular weight is 564 g/mol. The summed E-state index contributed by atoms with van der Waals surface area (Å²) < 4.78 is 6.98. The fourth-order valence-corrected chi connectivity index (χ4v) is 5.43. The molecule has 0 radical (unpaired) electrons. The van der Waals surface area contributed by atoms with Gasteiger partial charge in [0, 0.05) is 48.0 Å². The van der Waals surface area contributed by atoms with E-state index < -0.39 is 6.04 Å². The molecule has 4 heterocycles. The SMILES string of the molecule is O=C(Nc1ccc2[nH]c(=O)[nH]c2c1)[C@@H]1CC(N2CCOCC2)CN1C(=O)/C=C/c1cc(Cl)ccc1-n1cnnn1. The van der Waals surface area contributed by atoms with Crippen molar-refractivity contribution in [2.45, 2.75) is 18.5 Å². The normalized spacial score (nSPS) is 20.0. The number of aromatic nitrogens is 6. The minimum atomic E-state index is -0.690. The number of benzene rings is 2. The predicted octanol–water partition coefficient (Wildman–Crippen LogP) is 1.44. The van der Waals surface area contributed by atoms with E-state index in [-0.39, 0.29) is 23.5 Å². The van der Waals surface area contributed by atoms with Gasteiger partial charge in [-0.25, -0.2) is 4.79 Å². The number of anilines is 1. The topological polar surface area (TPSA) is 154 Å². The summed E-state index contributed by atoms with van der Waals surface area (Å²) in [6, 6.07) is 9.63. The largest absolute Gasteiger partial charge is 0.379 e. The summed E-state index contributed by atoms with van der Waals surface area (Å²) in [5.74, 6) is -0.601. The number of likely N-dealkylation sites (tertiary alicyclic amines) is 1. The van der Waals surface area contributed by atoms with Gasteiger partial charge in [-0.2, -0.15) is 4.68 Å². The van der Waals surface area contributed by atoms with E-state index in [9.17, 15) is 14.4 Å². The van der Waals surface area contributed by atoms with Gasteiger partial charge in [0.25, 0.3) is 0 Å². The van der Waals surface area contributed by atoms with Crippen LogP contribution in [0.3, 0.4) is 0 Å². The van der Waals surface area contributed by atoms with E-state index in [4.69, 9.17) is 16.3 Å². The number of aromatic amines is 2. The Morgan fingerprint density at radius 2 is 1.93 bits per heavy atom. The monoisotopic (exact) mass is 563 g/mol. The van der Waals surface area contributed by atoms with Crippen LogP contribution in [0.2, 0.25) is 5.02 Å². The zero-order chi connectivity index (χ0) is 27.6. The van der Waals surface area contributed by atoms with Crippen molar-refractivity contribution in [2.75, 3.05) is 38.2 Å². The molecule has 4 aromatic rings. The summed E-state index contributed by atoms with van der Waals surface area (Å²) in [5.41, 5.74) is 2.71. The lowest BCUT2D eigenvalue weighted by Gasteiger charge is -2.31. The standard InChI is InChI=1S/C26H26ClN9O4/c27-17-2-5-22(36-15-28-32-33-36)16(11-17)1-6-24(37)35-14-19(34-7-9-40-10-8-34)13-23(35)25(38)29-18-3-4-20-21(12-18)31-26(39)30-20/h1-6,11-12,15,19,23H,7-10,13-14H2,(H,29,38)(H2,30,31,39)/b6-1+/t19?,23-/m0/s1. The summed E-state index contributed by atoms with van der Waals surface area (Å²) in [6.45, 7) is 3.12. The Hall–Kier alpha value is -4.33. The third kappa shape index (κ3) is 5.39. The number of fused-ring (bicyclic) bond motifs is 1. The lowest BCUT2D eigenvalue weighted by atomic mass is 10.1. The molecule has 0 spiro atoms. The van der Waals surface area contributed by atoms with E-state index in [2.05, 4.69) is 35.7 Å². The van der Waals surface area contributed by atoms with Crippen LogP contribution in [0.25, 0.3) is 22.8 Å². The highest BCUT2D eigenvalue weighted by Crippen LogP contribution is 2.26. The van der Waals surface area contributed by atoms with Gasteiger partial charge in [-0.1, -0.05) is 11.6 Å². The lowest BCUT2D eigenvalue weighted by Crippen LogP contribution is -2.45. The molecule has 13 nitrogen and oxygen atoms in total. The van der Waals surface area contributed by atoms with Gasteiger partial charge >= 0.3 is 5.69 Å². The first-order valence-electron chi connectivity index (χ1n) is 12.8. The highest BCUT2D eigenvalue weighted by atomic mass is 35.5. The van der Waals surface area contributed by atoms with Crippen LogP contribution in [0.4, 0.5) is 5.69 Å². The molecule has 2 aromatic heterocycles. The van der Waals surface area contributed by atoms with Crippen molar-refractivity contribution in [3.8, 4) is 5.69 Å². The van der Waals surface area contributed by atoms with E-state index in [0.29, 0.717) is 59.2 Å². The second-order valence-corrected chi connectivity index (χ2v) is 10.1. The first-order chi connectivity index (χ1) is 19.4. The first-order valence-corrected chi connectivity index (χ1v) is 13.2. The molecule has 40 heavy (non-hydrogen) atoms. The van der Waals surface area contributed by atoms with Gasteiger partial charge in [-0.05, 0) is 59.3 Å². The number of tetrazole rings is 1. The van der Waals surface area contributed by atoms with Crippen molar-refractivity contribution in [1.82, 2.24) is 40.0 Å². The summed E-state index contributed by atoms with van der Waals surface area (Å²) >= 11 is 6.22. The molecule has 2 aromatic carbocycles. The number of H-pyrrole nitrogens is 2. The van der Waals surface area contributed by atoms with Crippen LogP contribution in [-0.2, 0) is 14.3 Å². The summed E-state index contributed by atoms with van der Waals surface area (Å²) in [5, 5.41) is 14.7. The zero-order valence-corrected chi connectivity index (χ0v) is 22.0. The molecule has 1 unspecified atom stereocenters. The number of ether oxygens (including phenoxy) is 1. The third-order valence-corrected chi connectivity index (χ3v) is 7.44. The first kappa shape index (κ1) is 25.9. The molecule has 2 atom stereocenters. The van der Waals surface area contributed by atoms with Crippen molar-refractivity contribution in [2.24, 2.45) is 0 Å². The number of nitrogens with one attached hydrogen (secondary N) is 3. The number of amides is 2. The minimum absolute atomic E-state index is 0.0171. The molecular formula is C26H26ClN9O4. The minimum Gasteiger partial charge on any atom is -0.379 e. The van der Waals surface area contributed by atoms with Crippen LogP contribution in [0, 0.1) is 0 Å². The van der Waals surface area contributed by atoms with E-state index in [1.54, 1.807) is 47.4 Å². The van der Waals surface area contributed by atoms with Crippen molar-refractivity contribution < 1.29 is 14.3 Å². The quantitative estimate of drug-likeness (QED) is 0.298. The molecule has 0 saturated carbocycles. The number of carbonyl (C=O) groups excluding carboxylic acids is 2. The number of hydrogen-bond donors (Lipinski definition) is 3. The van der Waals surface area contributed by atoms with Gasteiger partial charge in [0.05, 0.1) is 29.9 Å². The van der Waals surface area contributed by atoms with Crippen molar-refractivity contribution in [3.63, 3.8) is 0 Å². The molecular weight excluding hydrogens is 538 g/mol. The number of hydrogen-bond acceptors (Lipinski definition) is 8. The maximum absolute atomic E-state index is 13.6. The van der Waals surface area contributed by atoms with E-state index in [1.165, 1.54) is 17.1 Å². The van der Waals surface area contributed by atoms with E-state index in [0.717, 1.165) is 13.1 Å². The van der Waals surface area contributed by atoms with Gasteiger partial charge in [-0.15, -0.1) is 5.10 Å². The van der Waals surface area contributed by atoms with E-state index in [1.807, 2.05) is 0 Å². The number of nitrogens with zero attached hydrogens (tertiary/aromatic N) is 6. The third-order valence-electron chi connectivity index (χ3n) is 7.20. The van der Waals surface area contributed by atoms with Crippen LogP contribution in [0.5, 0.6) is 0 Å². The zero-order valence-electron chi connectivity index (χ0n) is 21.3. The van der Waals surface area contributed by atoms with Crippen molar-refractivity contribution in [3.05, 3.63) is 69.9 Å². The molecule has 3 N–H and O–H groups in total. The Kier molecular flexibility index (Phi) is 7.15. The molecule has 206 valence electrons. The van der Waals surface area contributed by atoms with Gasteiger partial charge in [0.2, 0.25) is 11.8 Å². The smallest absolute Gasteiger partial charge is 0.323 e. The summed E-state index contributed by atoms with van der Waals surface area (Å²) in [4.78, 5) is 48.0. The van der Waals surface area contributed by atoms with Crippen LogP contribution in [-0.4, -0.2) is 96.7 Å². The molecule has 2 saturated heterocycles. The maximum atomic E-state index is 13.6. The predicted molar refractivity (Wildman–Crippen MR) is 147 cm³/mol. The number of halogens is 1. The van der Waals surface area contributed by atoms with E-state index >= 15 is 0 Å². The molecule has 2 fully saturated rings.